The van der Waals surface area contributed by atoms with E-state index in [4.69, 9.17) is 4.74 Å². The molecule has 2 fully saturated rings. The molecule has 5 nitrogen and oxygen atoms in total. The van der Waals surface area contributed by atoms with Crippen LogP contribution in [0.15, 0.2) is 54.7 Å². The molecule has 30 heavy (non-hydrogen) atoms. The Bertz CT molecular complexity index is 855. The summed E-state index contributed by atoms with van der Waals surface area (Å²) in [6, 6.07) is 16.6. The summed E-state index contributed by atoms with van der Waals surface area (Å²) >= 11 is 0. The quantitative estimate of drug-likeness (QED) is 0.682. The zero-order chi connectivity index (χ0) is 21.2. The molecule has 5 heteroatoms. The van der Waals surface area contributed by atoms with Crippen LogP contribution in [-0.2, 0) is 11.3 Å². The summed E-state index contributed by atoms with van der Waals surface area (Å²) in [4.78, 5) is 23.1. The Morgan fingerprint density at radius 1 is 1.20 bits per heavy atom. The number of nitrogens with zero attached hydrogens (tertiary/aromatic N) is 3. The van der Waals surface area contributed by atoms with Crippen LogP contribution >= 0.6 is 0 Å². The molecule has 4 rings (SSSR count). The van der Waals surface area contributed by atoms with E-state index in [-0.39, 0.29) is 11.4 Å². The van der Waals surface area contributed by atoms with Gasteiger partial charge in [-0.25, -0.2) is 0 Å². The van der Waals surface area contributed by atoms with Crippen LogP contribution in [0, 0.1) is 0 Å². The maximum absolute atomic E-state index is 13.8. The lowest BCUT2D eigenvalue weighted by molar-refractivity contribution is -0.104. The van der Waals surface area contributed by atoms with Crippen LogP contribution in [0.2, 0.25) is 0 Å². The number of likely N-dealkylation sites (tertiary alicyclic amines) is 1. The first-order valence-electron chi connectivity index (χ1n) is 11.0. The summed E-state index contributed by atoms with van der Waals surface area (Å²) in [5.41, 5.74) is 1.02. The fraction of sp³-hybridized carbons (Fsp3) is 0.520. The van der Waals surface area contributed by atoms with Crippen molar-refractivity contribution < 1.29 is 9.53 Å². The summed E-state index contributed by atoms with van der Waals surface area (Å²) in [5.74, 6) is 0.144. The zero-order valence-corrected chi connectivity index (χ0v) is 18.4. The minimum atomic E-state index is -0.543. The SMILES string of the molecule is CN(Cc1ccccc1)[C@@H]1CCN(C2(C(=O)c3ccccn3)CCOC(C)(C)C2)C1. The van der Waals surface area contributed by atoms with E-state index in [1.807, 2.05) is 18.2 Å². The maximum atomic E-state index is 13.8. The van der Waals surface area contributed by atoms with Gasteiger partial charge in [0.1, 0.15) is 5.69 Å². The van der Waals surface area contributed by atoms with Crippen LogP contribution in [-0.4, -0.2) is 64.5 Å². The molecule has 1 unspecified atom stereocenters. The first kappa shape index (κ1) is 21.2. The molecule has 2 aliphatic rings. The van der Waals surface area contributed by atoms with Gasteiger partial charge in [-0.1, -0.05) is 36.4 Å². The van der Waals surface area contributed by atoms with Crippen LogP contribution in [0.25, 0.3) is 0 Å². The third-order valence-electron chi connectivity index (χ3n) is 6.71. The maximum Gasteiger partial charge on any atom is 0.201 e. The van der Waals surface area contributed by atoms with Crippen molar-refractivity contribution in [1.29, 1.82) is 0 Å². The van der Waals surface area contributed by atoms with Gasteiger partial charge in [0.05, 0.1) is 11.1 Å². The molecule has 0 saturated carbocycles. The van der Waals surface area contributed by atoms with E-state index < -0.39 is 5.54 Å². The number of hydrogen-bond acceptors (Lipinski definition) is 5. The smallest absolute Gasteiger partial charge is 0.201 e. The van der Waals surface area contributed by atoms with Gasteiger partial charge in [0.25, 0.3) is 0 Å². The highest BCUT2D eigenvalue weighted by atomic mass is 16.5. The zero-order valence-electron chi connectivity index (χ0n) is 18.4. The van der Waals surface area contributed by atoms with Crippen LogP contribution in [0.4, 0.5) is 0 Å². The second-order valence-corrected chi connectivity index (χ2v) is 9.40. The highest BCUT2D eigenvalue weighted by Crippen LogP contribution is 2.40. The molecule has 2 atom stereocenters. The van der Waals surface area contributed by atoms with Crippen molar-refractivity contribution in [3.63, 3.8) is 0 Å². The van der Waals surface area contributed by atoms with E-state index >= 15 is 0 Å². The Morgan fingerprint density at radius 3 is 2.67 bits per heavy atom. The van der Waals surface area contributed by atoms with E-state index in [0.29, 0.717) is 24.8 Å². The first-order valence-corrected chi connectivity index (χ1v) is 11.0. The van der Waals surface area contributed by atoms with Gasteiger partial charge in [-0.2, -0.15) is 0 Å². The number of Topliss-reactive ketones (excluding diaryl/α,β-unsaturated/α-hetero) is 1. The Kier molecular flexibility index (Phi) is 6.05. The molecule has 0 aliphatic carbocycles. The van der Waals surface area contributed by atoms with E-state index in [1.165, 1.54) is 5.56 Å². The third-order valence-corrected chi connectivity index (χ3v) is 6.71. The number of ether oxygens (including phenoxy) is 1. The summed E-state index contributed by atoms with van der Waals surface area (Å²) in [7, 11) is 2.20. The fourth-order valence-corrected chi connectivity index (χ4v) is 5.17. The van der Waals surface area contributed by atoms with Crippen molar-refractivity contribution >= 4 is 5.78 Å². The van der Waals surface area contributed by atoms with E-state index in [0.717, 1.165) is 32.5 Å². The number of rotatable bonds is 6. The molecule has 0 bridgehead atoms. The van der Waals surface area contributed by atoms with Gasteiger partial charge in [0, 0.05) is 44.9 Å². The van der Waals surface area contributed by atoms with Gasteiger partial charge in [0.15, 0.2) is 0 Å². The lowest BCUT2D eigenvalue weighted by Crippen LogP contribution is -2.61. The minimum Gasteiger partial charge on any atom is -0.375 e. The molecule has 0 N–H and O–H groups in total. The Labute approximate surface area is 180 Å². The van der Waals surface area contributed by atoms with Gasteiger partial charge in [0.2, 0.25) is 5.78 Å². The number of pyridine rings is 1. The van der Waals surface area contributed by atoms with Crippen LogP contribution < -0.4 is 0 Å². The van der Waals surface area contributed by atoms with Gasteiger partial charge >= 0.3 is 0 Å². The number of benzene rings is 1. The average Bonchev–Trinajstić information content (AvgIpc) is 3.25. The second-order valence-electron chi connectivity index (χ2n) is 9.40. The highest BCUT2D eigenvalue weighted by molar-refractivity contribution is 6.02. The Morgan fingerprint density at radius 2 is 1.97 bits per heavy atom. The van der Waals surface area contributed by atoms with Crippen LogP contribution in [0.5, 0.6) is 0 Å². The van der Waals surface area contributed by atoms with Gasteiger partial charge < -0.3 is 4.74 Å². The van der Waals surface area contributed by atoms with Gasteiger partial charge in [-0.3, -0.25) is 19.6 Å². The van der Waals surface area contributed by atoms with Gasteiger partial charge in [-0.05, 0) is 51.4 Å². The lowest BCUT2D eigenvalue weighted by Gasteiger charge is -2.48. The molecule has 2 saturated heterocycles. The normalized spacial score (nSPS) is 26.7. The molecule has 2 aliphatic heterocycles. The molecular formula is C25H33N3O2. The largest absolute Gasteiger partial charge is 0.375 e. The van der Waals surface area contributed by atoms with Crippen molar-refractivity contribution in [2.45, 2.75) is 56.8 Å². The molecule has 1 aromatic heterocycles. The molecule has 2 aromatic rings. The Balaban J connectivity index is 1.55. The summed E-state index contributed by atoms with van der Waals surface area (Å²) in [6.45, 7) is 7.56. The standard InChI is InChI=1S/C25H33N3O2/c1-24(2)19-25(13-16-30-24,23(29)22-11-7-8-14-26-22)28-15-12-21(18-28)27(3)17-20-9-5-4-6-10-20/h4-11,14,21H,12-13,15-19H2,1-3H3/t21-,25?/m1/s1. The van der Waals surface area contributed by atoms with Gasteiger partial charge in [-0.15, -0.1) is 0 Å². The van der Waals surface area contributed by atoms with E-state index in [2.05, 4.69) is 66.0 Å². The molecule has 160 valence electrons. The number of hydrogen-bond donors (Lipinski definition) is 0. The number of ketones is 1. The molecule has 1 aromatic carbocycles. The third kappa shape index (κ3) is 4.34. The molecule has 0 amide bonds. The van der Waals surface area contributed by atoms with Crippen LogP contribution in [0.1, 0.15) is 49.2 Å². The first-order chi connectivity index (χ1) is 14.4. The topological polar surface area (TPSA) is 45.7 Å². The van der Waals surface area contributed by atoms with Crippen molar-refractivity contribution in [2.75, 3.05) is 26.7 Å². The molecule has 0 radical (unpaired) electrons. The van der Waals surface area contributed by atoms with E-state index in [1.54, 1.807) is 6.20 Å². The summed E-state index contributed by atoms with van der Waals surface area (Å²) in [5, 5.41) is 0. The molecule has 3 heterocycles. The second kappa shape index (κ2) is 8.58. The van der Waals surface area contributed by atoms with Crippen molar-refractivity contribution in [3.8, 4) is 0 Å². The average molecular weight is 408 g/mol. The predicted octanol–water partition coefficient (Wildman–Crippen LogP) is 3.80. The van der Waals surface area contributed by atoms with Crippen molar-refractivity contribution in [1.82, 2.24) is 14.8 Å². The monoisotopic (exact) mass is 407 g/mol. The summed E-state index contributed by atoms with van der Waals surface area (Å²) in [6.07, 6.45) is 4.21. The van der Waals surface area contributed by atoms with Crippen molar-refractivity contribution in [2.24, 2.45) is 0 Å². The Hall–Kier alpha value is -2.08. The van der Waals surface area contributed by atoms with E-state index in [9.17, 15) is 4.79 Å². The number of likely N-dealkylation sites (N-methyl/N-ethyl adjacent to an activating group) is 1. The minimum absolute atomic E-state index is 0.144. The fourth-order valence-electron chi connectivity index (χ4n) is 5.17. The number of aromatic nitrogens is 1. The summed E-state index contributed by atoms with van der Waals surface area (Å²) < 4.78 is 6.01. The van der Waals surface area contributed by atoms with Crippen LogP contribution in [0.3, 0.4) is 0 Å². The highest BCUT2D eigenvalue weighted by Gasteiger charge is 2.52. The molecule has 0 spiro atoms. The predicted molar refractivity (Wildman–Crippen MR) is 118 cm³/mol. The van der Waals surface area contributed by atoms with Crippen molar-refractivity contribution in [3.05, 3.63) is 66.0 Å². The number of carbonyl (C=O) groups is 1. The molecular weight excluding hydrogens is 374 g/mol. The lowest BCUT2D eigenvalue weighted by atomic mass is 9.76. The number of carbonyl (C=O) groups excluding carboxylic acids is 1.